The number of amides is 2. The molecule has 0 bridgehead atoms. The molecule has 0 radical (unpaired) electrons. The Morgan fingerprint density at radius 2 is 2.06 bits per heavy atom. The summed E-state index contributed by atoms with van der Waals surface area (Å²) in [6, 6.07) is 0.669. The first-order valence-electron chi connectivity index (χ1n) is 7.17. The fourth-order valence-electron chi connectivity index (χ4n) is 3.14. The van der Waals surface area contributed by atoms with E-state index < -0.39 is 0 Å². The highest BCUT2D eigenvalue weighted by atomic mass is 16.2. The molecule has 2 N–H and O–H groups in total. The molecule has 1 saturated carbocycles. The lowest BCUT2D eigenvalue weighted by Gasteiger charge is -2.17. The summed E-state index contributed by atoms with van der Waals surface area (Å²) >= 11 is 0. The zero-order valence-corrected chi connectivity index (χ0v) is 11.4. The van der Waals surface area contributed by atoms with Gasteiger partial charge >= 0.3 is 6.03 Å². The van der Waals surface area contributed by atoms with Crippen molar-refractivity contribution < 1.29 is 9.59 Å². The van der Waals surface area contributed by atoms with Crippen LogP contribution in [-0.4, -0.2) is 23.9 Å². The molecule has 2 rings (SSSR count). The van der Waals surface area contributed by atoms with E-state index >= 15 is 0 Å². The van der Waals surface area contributed by atoms with Gasteiger partial charge in [-0.3, -0.25) is 4.79 Å². The van der Waals surface area contributed by atoms with Crippen LogP contribution in [0.3, 0.4) is 0 Å². The molecule has 3 atom stereocenters. The standard InChI is InChI=1S/C14H24N2O2/c1-9(2)12(17)6-4-3-5-10-7-8-11-13(10)16-14(18)15-11/h9-11,13H,3-8H2,1-2H3,(H2,15,16,18)/t10-,11+,13-/m1/s1. The first kappa shape index (κ1) is 13.4. The van der Waals surface area contributed by atoms with Gasteiger partial charge in [-0.2, -0.15) is 0 Å². The number of rotatable bonds is 6. The largest absolute Gasteiger partial charge is 0.333 e. The second kappa shape index (κ2) is 5.72. The number of carbonyl (C=O) groups is 2. The van der Waals surface area contributed by atoms with Crippen LogP contribution in [0, 0.1) is 11.8 Å². The molecule has 1 aliphatic carbocycles. The summed E-state index contributed by atoms with van der Waals surface area (Å²) in [6.45, 7) is 3.92. The number of hydrogen-bond acceptors (Lipinski definition) is 2. The van der Waals surface area contributed by atoms with Crippen LogP contribution in [0.25, 0.3) is 0 Å². The Kier molecular flexibility index (Phi) is 4.25. The number of carbonyl (C=O) groups excluding carboxylic acids is 2. The van der Waals surface area contributed by atoms with E-state index in [0.717, 1.165) is 25.7 Å². The molecule has 0 aromatic rings. The molecule has 0 aromatic carbocycles. The molecule has 4 nitrogen and oxygen atoms in total. The molecule has 0 aromatic heterocycles. The van der Waals surface area contributed by atoms with Gasteiger partial charge in [-0.1, -0.05) is 20.3 Å². The summed E-state index contributed by atoms with van der Waals surface area (Å²) in [4.78, 5) is 22.7. The van der Waals surface area contributed by atoms with Crippen LogP contribution in [0.1, 0.15) is 52.4 Å². The van der Waals surface area contributed by atoms with Crippen molar-refractivity contribution in [2.75, 3.05) is 0 Å². The highest BCUT2D eigenvalue weighted by Crippen LogP contribution is 2.32. The molecule has 18 heavy (non-hydrogen) atoms. The zero-order chi connectivity index (χ0) is 13.1. The number of Topliss-reactive ketones (excluding diaryl/α,β-unsaturated/α-hetero) is 1. The predicted octanol–water partition coefficient (Wildman–Crippen LogP) is 2.23. The molecule has 1 aliphatic heterocycles. The molecule has 1 heterocycles. The smallest absolute Gasteiger partial charge is 0.315 e. The number of nitrogens with one attached hydrogen (secondary N) is 2. The average molecular weight is 252 g/mol. The minimum absolute atomic E-state index is 0.00955. The summed E-state index contributed by atoms with van der Waals surface area (Å²) in [5.41, 5.74) is 0. The van der Waals surface area contributed by atoms with E-state index in [0.29, 0.717) is 30.2 Å². The minimum atomic E-state index is -0.00955. The summed E-state index contributed by atoms with van der Waals surface area (Å²) in [5.74, 6) is 1.14. The molecule has 1 saturated heterocycles. The Morgan fingerprint density at radius 3 is 2.78 bits per heavy atom. The van der Waals surface area contributed by atoms with Gasteiger partial charge in [0.1, 0.15) is 5.78 Å². The molecule has 102 valence electrons. The maximum Gasteiger partial charge on any atom is 0.315 e. The monoisotopic (exact) mass is 252 g/mol. The van der Waals surface area contributed by atoms with Crippen LogP contribution in [0.5, 0.6) is 0 Å². The first-order chi connectivity index (χ1) is 8.58. The van der Waals surface area contributed by atoms with E-state index in [-0.39, 0.29) is 11.9 Å². The third-order valence-electron chi connectivity index (χ3n) is 4.30. The number of hydrogen-bond donors (Lipinski definition) is 2. The molecule has 0 spiro atoms. The Bertz CT molecular complexity index is 328. The molecular formula is C14H24N2O2. The summed E-state index contributed by atoms with van der Waals surface area (Å²) < 4.78 is 0. The minimum Gasteiger partial charge on any atom is -0.333 e. The van der Waals surface area contributed by atoms with E-state index in [1.807, 2.05) is 13.8 Å². The van der Waals surface area contributed by atoms with Crippen molar-refractivity contribution in [3.05, 3.63) is 0 Å². The van der Waals surface area contributed by atoms with Crippen LogP contribution < -0.4 is 10.6 Å². The van der Waals surface area contributed by atoms with E-state index in [4.69, 9.17) is 0 Å². The molecule has 2 fully saturated rings. The van der Waals surface area contributed by atoms with E-state index in [2.05, 4.69) is 10.6 Å². The molecular weight excluding hydrogens is 228 g/mol. The van der Waals surface area contributed by atoms with Crippen LogP contribution >= 0.6 is 0 Å². The van der Waals surface area contributed by atoms with Gasteiger partial charge in [0.05, 0.1) is 12.1 Å². The summed E-state index contributed by atoms with van der Waals surface area (Å²) in [6.07, 6.45) is 6.23. The van der Waals surface area contributed by atoms with Crippen LogP contribution in [0.2, 0.25) is 0 Å². The lowest BCUT2D eigenvalue weighted by atomic mass is 9.94. The average Bonchev–Trinajstić information content (AvgIpc) is 2.84. The highest BCUT2D eigenvalue weighted by molar-refractivity contribution is 5.80. The van der Waals surface area contributed by atoms with Gasteiger partial charge in [0, 0.05) is 12.3 Å². The Balaban J connectivity index is 1.66. The third kappa shape index (κ3) is 3.03. The Hall–Kier alpha value is -1.06. The van der Waals surface area contributed by atoms with Crippen LogP contribution in [-0.2, 0) is 4.79 Å². The molecule has 0 unspecified atom stereocenters. The summed E-state index contributed by atoms with van der Waals surface area (Å²) in [5, 5.41) is 5.98. The number of fused-ring (bicyclic) bond motifs is 1. The van der Waals surface area contributed by atoms with Crippen molar-refractivity contribution in [1.82, 2.24) is 10.6 Å². The van der Waals surface area contributed by atoms with Crippen molar-refractivity contribution in [3.63, 3.8) is 0 Å². The molecule has 2 amide bonds. The van der Waals surface area contributed by atoms with E-state index in [1.54, 1.807) is 0 Å². The van der Waals surface area contributed by atoms with Gasteiger partial charge in [-0.05, 0) is 31.6 Å². The maximum absolute atomic E-state index is 11.5. The van der Waals surface area contributed by atoms with Gasteiger partial charge in [-0.25, -0.2) is 4.79 Å². The van der Waals surface area contributed by atoms with Crippen molar-refractivity contribution in [1.29, 1.82) is 0 Å². The quantitative estimate of drug-likeness (QED) is 0.712. The van der Waals surface area contributed by atoms with E-state index in [1.165, 1.54) is 6.42 Å². The third-order valence-corrected chi connectivity index (χ3v) is 4.30. The van der Waals surface area contributed by atoms with E-state index in [9.17, 15) is 9.59 Å². The van der Waals surface area contributed by atoms with Gasteiger partial charge in [0.15, 0.2) is 0 Å². The van der Waals surface area contributed by atoms with Gasteiger partial charge in [0.2, 0.25) is 0 Å². The van der Waals surface area contributed by atoms with Crippen molar-refractivity contribution in [2.24, 2.45) is 11.8 Å². The summed E-state index contributed by atoms with van der Waals surface area (Å²) in [7, 11) is 0. The fourth-order valence-corrected chi connectivity index (χ4v) is 3.14. The zero-order valence-electron chi connectivity index (χ0n) is 11.4. The van der Waals surface area contributed by atoms with Gasteiger partial charge < -0.3 is 10.6 Å². The van der Waals surface area contributed by atoms with Crippen molar-refractivity contribution in [2.45, 2.75) is 64.5 Å². The second-order valence-corrected chi connectivity index (χ2v) is 5.95. The number of urea groups is 1. The topological polar surface area (TPSA) is 58.2 Å². The Morgan fingerprint density at radius 1 is 1.28 bits per heavy atom. The molecule has 4 heteroatoms. The lowest BCUT2D eigenvalue weighted by Crippen LogP contribution is -2.33. The number of ketones is 1. The first-order valence-corrected chi connectivity index (χ1v) is 7.17. The van der Waals surface area contributed by atoms with Gasteiger partial charge in [0.25, 0.3) is 0 Å². The number of unbranched alkanes of at least 4 members (excludes halogenated alkanes) is 1. The Labute approximate surface area is 109 Å². The van der Waals surface area contributed by atoms with Crippen LogP contribution in [0.15, 0.2) is 0 Å². The van der Waals surface area contributed by atoms with Crippen LogP contribution in [0.4, 0.5) is 4.79 Å². The lowest BCUT2D eigenvalue weighted by molar-refractivity contribution is -0.122. The SMILES string of the molecule is CC(C)C(=O)CCCC[C@@H]1CC[C@@H]2NC(=O)N[C@H]12. The second-order valence-electron chi connectivity index (χ2n) is 5.95. The van der Waals surface area contributed by atoms with Crippen molar-refractivity contribution in [3.8, 4) is 0 Å². The van der Waals surface area contributed by atoms with Gasteiger partial charge in [-0.15, -0.1) is 0 Å². The maximum atomic E-state index is 11.5. The molecule has 2 aliphatic rings. The van der Waals surface area contributed by atoms with Crippen molar-refractivity contribution >= 4 is 11.8 Å². The normalized spacial score (nSPS) is 30.2. The highest BCUT2D eigenvalue weighted by Gasteiger charge is 2.41. The predicted molar refractivity (Wildman–Crippen MR) is 70.3 cm³/mol. The fraction of sp³-hybridized carbons (Fsp3) is 0.857.